The lowest BCUT2D eigenvalue weighted by molar-refractivity contribution is -0.129. The molecule has 3 nitrogen and oxygen atoms in total. The normalized spacial score (nSPS) is 10.5. The lowest BCUT2D eigenvalue weighted by atomic mass is 10.2. The van der Waals surface area contributed by atoms with Crippen molar-refractivity contribution >= 4 is 5.97 Å². The summed E-state index contributed by atoms with van der Waals surface area (Å²) < 4.78 is 4.99. The highest BCUT2D eigenvalue weighted by Gasteiger charge is 2.10. The second-order valence-electron chi connectivity index (χ2n) is 2.84. The Morgan fingerprint density at radius 2 is 2.13 bits per heavy atom. The molecule has 1 aromatic carbocycles. The fourth-order valence-corrected chi connectivity index (χ4v) is 1.03. The van der Waals surface area contributed by atoms with E-state index in [4.69, 9.17) is 10.00 Å². The number of allylic oxidation sites excluding steroid dienone is 1. The second-order valence-corrected chi connectivity index (χ2v) is 2.84. The number of nitrogens with zero attached hydrogens (tertiary/aromatic N) is 1. The van der Waals surface area contributed by atoms with Gasteiger partial charge in [0.05, 0.1) is 0 Å². The largest absolute Gasteiger partial charge is 0.422 e. The van der Waals surface area contributed by atoms with Crippen molar-refractivity contribution in [1.29, 1.82) is 5.26 Å². The van der Waals surface area contributed by atoms with Crippen molar-refractivity contribution in [2.24, 2.45) is 0 Å². The summed E-state index contributed by atoms with van der Waals surface area (Å²) in [7, 11) is 0. The first kappa shape index (κ1) is 11.0. The zero-order valence-corrected chi connectivity index (χ0v) is 8.43. The second kappa shape index (κ2) is 5.61. The number of rotatable bonds is 3. The van der Waals surface area contributed by atoms with E-state index in [0.717, 1.165) is 0 Å². The number of hydrogen-bond donors (Lipinski definition) is 0. The molecule has 0 fully saturated rings. The van der Waals surface area contributed by atoms with Gasteiger partial charge >= 0.3 is 5.97 Å². The Morgan fingerprint density at radius 1 is 1.47 bits per heavy atom. The molecule has 0 saturated heterocycles. The standard InChI is InChI=1S/C12H11NO2/c1-2-6-10(9-13)12(14)15-11-7-4-3-5-8-11/h3-8H,2H2,1H3. The highest BCUT2D eigenvalue weighted by Crippen LogP contribution is 2.10. The van der Waals surface area contributed by atoms with Gasteiger partial charge in [0.2, 0.25) is 0 Å². The smallest absolute Gasteiger partial charge is 0.353 e. The molecule has 0 unspecified atom stereocenters. The zero-order valence-electron chi connectivity index (χ0n) is 8.43. The Kier molecular flexibility index (Phi) is 4.11. The number of carbonyl (C=O) groups excluding carboxylic acids is 1. The van der Waals surface area contributed by atoms with Crippen molar-refractivity contribution in [3.8, 4) is 11.8 Å². The molecular weight excluding hydrogens is 190 g/mol. The Bertz CT molecular complexity index is 401. The highest BCUT2D eigenvalue weighted by molar-refractivity contribution is 5.94. The third-order valence-corrected chi connectivity index (χ3v) is 1.70. The Hall–Kier alpha value is -2.08. The average molecular weight is 201 g/mol. The molecule has 0 radical (unpaired) electrons. The van der Waals surface area contributed by atoms with Gasteiger partial charge in [0.1, 0.15) is 17.4 Å². The summed E-state index contributed by atoms with van der Waals surface area (Å²) in [5, 5.41) is 8.69. The monoisotopic (exact) mass is 201 g/mol. The first-order valence-electron chi connectivity index (χ1n) is 4.65. The number of benzene rings is 1. The minimum Gasteiger partial charge on any atom is -0.422 e. The summed E-state index contributed by atoms with van der Waals surface area (Å²) in [6.07, 6.45) is 2.18. The number of esters is 1. The molecule has 76 valence electrons. The van der Waals surface area contributed by atoms with Gasteiger partial charge in [0, 0.05) is 0 Å². The number of ether oxygens (including phenoxy) is 1. The van der Waals surface area contributed by atoms with Crippen LogP contribution in [0.5, 0.6) is 5.75 Å². The minimum atomic E-state index is -0.606. The van der Waals surface area contributed by atoms with Crippen LogP contribution >= 0.6 is 0 Å². The van der Waals surface area contributed by atoms with Crippen LogP contribution in [0.4, 0.5) is 0 Å². The van der Waals surface area contributed by atoms with E-state index in [-0.39, 0.29) is 5.57 Å². The van der Waals surface area contributed by atoms with Crippen LogP contribution < -0.4 is 4.74 Å². The molecule has 0 amide bonds. The van der Waals surface area contributed by atoms with Crippen LogP contribution in [0.1, 0.15) is 13.3 Å². The molecule has 0 aliphatic rings. The number of para-hydroxylation sites is 1. The van der Waals surface area contributed by atoms with Gasteiger partial charge in [0.25, 0.3) is 0 Å². The van der Waals surface area contributed by atoms with Crippen LogP contribution in [0.2, 0.25) is 0 Å². The maximum absolute atomic E-state index is 11.4. The van der Waals surface area contributed by atoms with Crippen LogP contribution in [-0.2, 0) is 4.79 Å². The Balaban J connectivity index is 2.72. The molecule has 0 atom stereocenters. The van der Waals surface area contributed by atoms with E-state index in [1.807, 2.05) is 19.1 Å². The molecule has 0 N–H and O–H groups in total. The lowest BCUT2D eigenvalue weighted by Crippen LogP contribution is -2.09. The molecule has 1 aromatic rings. The molecule has 3 heteroatoms. The first-order chi connectivity index (χ1) is 7.27. The van der Waals surface area contributed by atoms with Crippen LogP contribution in [0.25, 0.3) is 0 Å². The predicted octanol–water partition coefficient (Wildman–Crippen LogP) is 2.45. The SMILES string of the molecule is CCC=C(C#N)C(=O)Oc1ccccc1. The van der Waals surface area contributed by atoms with Crippen LogP contribution in [-0.4, -0.2) is 5.97 Å². The fraction of sp³-hybridized carbons (Fsp3) is 0.167. The van der Waals surface area contributed by atoms with Crippen molar-refractivity contribution in [2.45, 2.75) is 13.3 Å². The van der Waals surface area contributed by atoms with Crippen LogP contribution in [0.3, 0.4) is 0 Å². The van der Waals surface area contributed by atoms with Gasteiger partial charge in [-0.25, -0.2) is 4.79 Å². The third kappa shape index (κ3) is 3.28. The van der Waals surface area contributed by atoms with Crippen molar-refractivity contribution < 1.29 is 9.53 Å². The zero-order chi connectivity index (χ0) is 11.1. The number of carbonyl (C=O) groups is 1. The summed E-state index contributed by atoms with van der Waals surface area (Å²) in [5.74, 6) is -0.162. The topological polar surface area (TPSA) is 50.1 Å². The van der Waals surface area contributed by atoms with E-state index in [0.29, 0.717) is 12.2 Å². The van der Waals surface area contributed by atoms with Crippen molar-refractivity contribution in [1.82, 2.24) is 0 Å². The summed E-state index contributed by atoms with van der Waals surface area (Å²) in [6.45, 7) is 1.85. The van der Waals surface area contributed by atoms with Crippen molar-refractivity contribution in [2.75, 3.05) is 0 Å². The van der Waals surface area contributed by atoms with E-state index in [1.54, 1.807) is 30.3 Å². The number of nitriles is 1. The van der Waals surface area contributed by atoms with Crippen molar-refractivity contribution in [3.63, 3.8) is 0 Å². The van der Waals surface area contributed by atoms with Gasteiger partial charge in [-0.15, -0.1) is 0 Å². The quantitative estimate of drug-likeness (QED) is 0.326. The van der Waals surface area contributed by atoms with E-state index < -0.39 is 5.97 Å². The maximum Gasteiger partial charge on any atom is 0.353 e. The lowest BCUT2D eigenvalue weighted by Gasteiger charge is -2.01. The van der Waals surface area contributed by atoms with E-state index in [9.17, 15) is 4.79 Å². The maximum atomic E-state index is 11.4. The molecule has 0 aromatic heterocycles. The minimum absolute atomic E-state index is 0.0429. The number of hydrogen-bond acceptors (Lipinski definition) is 3. The third-order valence-electron chi connectivity index (χ3n) is 1.70. The molecule has 0 aliphatic heterocycles. The summed E-state index contributed by atoms with van der Waals surface area (Å²) in [5.41, 5.74) is 0.0429. The first-order valence-corrected chi connectivity index (χ1v) is 4.65. The summed E-state index contributed by atoms with van der Waals surface area (Å²) in [6, 6.07) is 10.5. The van der Waals surface area contributed by atoms with Gasteiger partial charge in [-0.05, 0) is 18.6 Å². The average Bonchev–Trinajstić information content (AvgIpc) is 2.27. The molecule has 1 rings (SSSR count). The Morgan fingerprint density at radius 3 is 2.67 bits per heavy atom. The van der Waals surface area contributed by atoms with E-state index in [1.165, 1.54) is 0 Å². The van der Waals surface area contributed by atoms with E-state index in [2.05, 4.69) is 0 Å². The fourth-order valence-electron chi connectivity index (χ4n) is 1.03. The molecule has 0 spiro atoms. The van der Waals surface area contributed by atoms with Gasteiger partial charge < -0.3 is 4.74 Å². The molecule has 15 heavy (non-hydrogen) atoms. The predicted molar refractivity (Wildman–Crippen MR) is 56.1 cm³/mol. The van der Waals surface area contributed by atoms with Gasteiger partial charge in [-0.3, -0.25) is 0 Å². The molecular formula is C12H11NO2. The molecule has 0 heterocycles. The van der Waals surface area contributed by atoms with Crippen molar-refractivity contribution in [3.05, 3.63) is 42.0 Å². The van der Waals surface area contributed by atoms with Gasteiger partial charge in [-0.2, -0.15) is 5.26 Å². The summed E-state index contributed by atoms with van der Waals surface area (Å²) >= 11 is 0. The Labute approximate surface area is 88.6 Å². The van der Waals surface area contributed by atoms with Crippen LogP contribution in [0, 0.1) is 11.3 Å². The molecule has 0 aliphatic carbocycles. The molecule has 0 bridgehead atoms. The molecule has 0 saturated carbocycles. The van der Waals surface area contributed by atoms with E-state index >= 15 is 0 Å². The summed E-state index contributed by atoms with van der Waals surface area (Å²) in [4.78, 5) is 11.4. The van der Waals surface area contributed by atoms with Crippen LogP contribution in [0.15, 0.2) is 42.0 Å². The van der Waals surface area contributed by atoms with Gasteiger partial charge in [-0.1, -0.05) is 31.2 Å². The van der Waals surface area contributed by atoms with Gasteiger partial charge in [0.15, 0.2) is 0 Å². The highest BCUT2D eigenvalue weighted by atomic mass is 16.5.